The van der Waals surface area contributed by atoms with Crippen LogP contribution in [0.1, 0.15) is 10.4 Å². The van der Waals surface area contributed by atoms with Crippen molar-refractivity contribution >= 4 is 29.1 Å². The molecule has 126 valence electrons. The highest BCUT2D eigenvalue weighted by Gasteiger charge is 2.11. The summed E-state index contributed by atoms with van der Waals surface area (Å²) >= 11 is 5.95. The standard InChI is InChI=1S/C18H15ClN4O2/c19-16-4-2-1-3-15(16)18(25)21-11-17(24)22-13-5-7-14(8-6-13)23-10-9-20-12-23/h1-10,12H,11H2,(H,21,25)(H,22,24). The number of benzene rings is 2. The van der Waals surface area contributed by atoms with E-state index in [0.717, 1.165) is 5.69 Å². The van der Waals surface area contributed by atoms with Crippen LogP contribution in [0.3, 0.4) is 0 Å². The third-order valence-electron chi connectivity index (χ3n) is 3.48. The van der Waals surface area contributed by atoms with Crippen LogP contribution in [0, 0.1) is 0 Å². The lowest BCUT2D eigenvalue weighted by atomic mass is 10.2. The van der Waals surface area contributed by atoms with Crippen LogP contribution in [0.4, 0.5) is 5.69 Å². The van der Waals surface area contributed by atoms with E-state index < -0.39 is 5.91 Å². The zero-order valence-corrected chi connectivity index (χ0v) is 13.9. The van der Waals surface area contributed by atoms with Gasteiger partial charge in [0.05, 0.1) is 23.5 Å². The number of hydrogen-bond donors (Lipinski definition) is 2. The highest BCUT2D eigenvalue weighted by molar-refractivity contribution is 6.33. The fourth-order valence-electron chi connectivity index (χ4n) is 2.24. The lowest BCUT2D eigenvalue weighted by molar-refractivity contribution is -0.115. The highest BCUT2D eigenvalue weighted by Crippen LogP contribution is 2.15. The number of hydrogen-bond acceptors (Lipinski definition) is 3. The molecule has 0 saturated carbocycles. The van der Waals surface area contributed by atoms with Gasteiger partial charge < -0.3 is 15.2 Å². The minimum atomic E-state index is -0.392. The van der Waals surface area contributed by atoms with Gasteiger partial charge in [-0.15, -0.1) is 0 Å². The van der Waals surface area contributed by atoms with Gasteiger partial charge in [0.25, 0.3) is 5.91 Å². The number of carbonyl (C=O) groups excluding carboxylic acids is 2. The summed E-state index contributed by atoms with van der Waals surface area (Å²) in [6.45, 7) is -0.146. The summed E-state index contributed by atoms with van der Waals surface area (Å²) in [5.41, 5.74) is 1.91. The fraction of sp³-hybridized carbons (Fsp3) is 0.0556. The first-order valence-corrected chi connectivity index (χ1v) is 7.92. The molecule has 0 radical (unpaired) electrons. The Bertz CT molecular complexity index is 876. The second-order valence-electron chi connectivity index (χ2n) is 5.23. The Hall–Kier alpha value is -3.12. The van der Waals surface area contributed by atoms with Crippen molar-refractivity contribution in [1.29, 1.82) is 0 Å². The maximum absolute atomic E-state index is 12.0. The molecule has 6 nitrogen and oxygen atoms in total. The number of nitrogens with zero attached hydrogens (tertiary/aromatic N) is 2. The molecule has 0 aliphatic heterocycles. The molecule has 0 spiro atoms. The molecule has 0 aliphatic carbocycles. The molecule has 7 heteroatoms. The molecule has 0 unspecified atom stereocenters. The second kappa shape index (κ2) is 7.63. The molecule has 25 heavy (non-hydrogen) atoms. The van der Waals surface area contributed by atoms with Crippen LogP contribution in [0.2, 0.25) is 5.02 Å². The molecule has 1 aromatic heterocycles. The summed E-state index contributed by atoms with van der Waals surface area (Å²) in [6.07, 6.45) is 5.22. The van der Waals surface area contributed by atoms with E-state index in [1.165, 1.54) is 0 Å². The molecule has 1 heterocycles. The number of aromatic nitrogens is 2. The molecular weight excluding hydrogens is 340 g/mol. The van der Waals surface area contributed by atoms with Crippen LogP contribution in [-0.4, -0.2) is 27.9 Å². The Morgan fingerprint density at radius 1 is 1.08 bits per heavy atom. The number of anilines is 1. The van der Waals surface area contributed by atoms with Crippen molar-refractivity contribution in [3.05, 3.63) is 77.8 Å². The van der Waals surface area contributed by atoms with Crippen molar-refractivity contribution in [1.82, 2.24) is 14.9 Å². The van der Waals surface area contributed by atoms with Crippen molar-refractivity contribution in [2.75, 3.05) is 11.9 Å². The van der Waals surface area contributed by atoms with Gasteiger partial charge in [-0.25, -0.2) is 4.98 Å². The largest absolute Gasteiger partial charge is 0.343 e. The summed E-state index contributed by atoms with van der Waals surface area (Å²) < 4.78 is 1.86. The second-order valence-corrected chi connectivity index (χ2v) is 5.63. The zero-order chi connectivity index (χ0) is 17.6. The molecule has 0 saturated heterocycles. The number of rotatable bonds is 5. The lowest BCUT2D eigenvalue weighted by Crippen LogP contribution is -2.33. The lowest BCUT2D eigenvalue weighted by Gasteiger charge is -2.09. The molecule has 0 atom stereocenters. The molecular formula is C18H15ClN4O2. The predicted octanol–water partition coefficient (Wildman–Crippen LogP) is 2.89. The van der Waals surface area contributed by atoms with Crippen molar-refractivity contribution < 1.29 is 9.59 Å². The Morgan fingerprint density at radius 2 is 1.84 bits per heavy atom. The quantitative estimate of drug-likeness (QED) is 0.739. The van der Waals surface area contributed by atoms with Crippen LogP contribution in [0.25, 0.3) is 5.69 Å². The van der Waals surface area contributed by atoms with Gasteiger partial charge >= 0.3 is 0 Å². The van der Waals surface area contributed by atoms with Crippen LogP contribution >= 0.6 is 11.6 Å². The molecule has 0 bridgehead atoms. The average molecular weight is 355 g/mol. The van der Waals surface area contributed by atoms with E-state index in [2.05, 4.69) is 15.6 Å². The van der Waals surface area contributed by atoms with Crippen molar-refractivity contribution in [3.8, 4) is 5.69 Å². The van der Waals surface area contributed by atoms with E-state index in [1.807, 2.05) is 22.9 Å². The minimum absolute atomic E-state index is 0.146. The number of carbonyl (C=O) groups is 2. The van der Waals surface area contributed by atoms with E-state index in [0.29, 0.717) is 16.3 Å². The fourth-order valence-corrected chi connectivity index (χ4v) is 2.46. The Morgan fingerprint density at radius 3 is 2.52 bits per heavy atom. The third-order valence-corrected chi connectivity index (χ3v) is 3.81. The van der Waals surface area contributed by atoms with Crippen LogP contribution in [0.5, 0.6) is 0 Å². The van der Waals surface area contributed by atoms with E-state index in [1.54, 1.807) is 48.9 Å². The van der Waals surface area contributed by atoms with Crippen molar-refractivity contribution in [3.63, 3.8) is 0 Å². The number of imidazole rings is 1. The number of halogens is 1. The van der Waals surface area contributed by atoms with Crippen LogP contribution < -0.4 is 10.6 Å². The van der Waals surface area contributed by atoms with Gasteiger partial charge in [0.1, 0.15) is 0 Å². The molecule has 2 aromatic carbocycles. The normalized spacial score (nSPS) is 10.3. The smallest absolute Gasteiger partial charge is 0.253 e. The van der Waals surface area contributed by atoms with Gasteiger partial charge in [-0.05, 0) is 36.4 Å². The zero-order valence-electron chi connectivity index (χ0n) is 13.1. The Kier molecular flexibility index (Phi) is 5.11. The van der Waals surface area contributed by atoms with Crippen molar-refractivity contribution in [2.24, 2.45) is 0 Å². The van der Waals surface area contributed by atoms with Crippen LogP contribution in [0.15, 0.2) is 67.3 Å². The van der Waals surface area contributed by atoms with Gasteiger partial charge in [-0.3, -0.25) is 9.59 Å². The molecule has 2 N–H and O–H groups in total. The SMILES string of the molecule is O=C(CNC(=O)c1ccccc1Cl)Nc1ccc(-n2ccnc2)cc1. The summed E-state index contributed by atoms with van der Waals surface area (Å²) in [7, 11) is 0. The highest BCUT2D eigenvalue weighted by atomic mass is 35.5. The minimum Gasteiger partial charge on any atom is -0.343 e. The third kappa shape index (κ3) is 4.24. The summed E-state index contributed by atoms with van der Waals surface area (Å²) in [5.74, 6) is -0.716. The molecule has 3 rings (SSSR count). The van der Waals surface area contributed by atoms with Gasteiger partial charge in [-0.1, -0.05) is 23.7 Å². The van der Waals surface area contributed by atoms with Crippen molar-refractivity contribution in [2.45, 2.75) is 0 Å². The summed E-state index contributed by atoms with van der Waals surface area (Å²) in [6, 6.07) is 14.0. The Labute approximate surface area is 149 Å². The van der Waals surface area contributed by atoms with Gasteiger partial charge in [0, 0.05) is 23.8 Å². The van der Waals surface area contributed by atoms with E-state index in [4.69, 9.17) is 11.6 Å². The average Bonchev–Trinajstić information content (AvgIpc) is 3.15. The van der Waals surface area contributed by atoms with E-state index in [-0.39, 0.29) is 12.5 Å². The van der Waals surface area contributed by atoms with Gasteiger partial charge in [0.2, 0.25) is 5.91 Å². The summed E-state index contributed by atoms with van der Waals surface area (Å²) in [4.78, 5) is 28.0. The van der Waals surface area contributed by atoms with Crippen LogP contribution in [-0.2, 0) is 4.79 Å². The maximum atomic E-state index is 12.0. The van der Waals surface area contributed by atoms with Gasteiger partial charge in [-0.2, -0.15) is 0 Å². The number of amides is 2. The first-order valence-electron chi connectivity index (χ1n) is 7.54. The molecule has 0 fully saturated rings. The van der Waals surface area contributed by atoms with Gasteiger partial charge in [0.15, 0.2) is 0 Å². The van der Waals surface area contributed by atoms with E-state index >= 15 is 0 Å². The predicted molar refractivity (Wildman–Crippen MR) is 96.0 cm³/mol. The van der Waals surface area contributed by atoms with E-state index in [9.17, 15) is 9.59 Å². The monoisotopic (exact) mass is 354 g/mol. The first kappa shape index (κ1) is 16.7. The number of nitrogens with one attached hydrogen (secondary N) is 2. The molecule has 2 amide bonds. The maximum Gasteiger partial charge on any atom is 0.253 e. The molecule has 0 aliphatic rings. The topological polar surface area (TPSA) is 76.0 Å². The first-order chi connectivity index (χ1) is 12.1. The molecule has 3 aromatic rings. The Balaban J connectivity index is 1.54. The summed E-state index contributed by atoms with van der Waals surface area (Å²) in [5, 5.41) is 5.61.